The molecule has 3 N–H and O–H groups in total. The number of aryl methyl sites for hydroxylation is 1. The molecule has 2 amide bonds. The summed E-state index contributed by atoms with van der Waals surface area (Å²) in [6, 6.07) is 5.73. The predicted molar refractivity (Wildman–Crippen MR) is 105 cm³/mol. The van der Waals surface area contributed by atoms with E-state index in [0.717, 1.165) is 36.1 Å². The van der Waals surface area contributed by atoms with E-state index >= 15 is 0 Å². The smallest absolute Gasteiger partial charge is 0.317 e. The lowest BCUT2D eigenvalue weighted by molar-refractivity contribution is -0.0262. The summed E-state index contributed by atoms with van der Waals surface area (Å²) in [4.78, 5) is 22.4. The Morgan fingerprint density at radius 2 is 2.19 bits per heavy atom. The lowest BCUT2D eigenvalue weighted by Crippen LogP contribution is -2.48. The Balaban J connectivity index is 1.68. The molecule has 3 rings (SSSR count). The third-order valence-corrected chi connectivity index (χ3v) is 5.50. The molecule has 1 atom stereocenters. The minimum atomic E-state index is -0.275. The maximum absolute atomic E-state index is 12.7. The van der Waals surface area contributed by atoms with E-state index in [2.05, 4.69) is 21.4 Å². The number of aromatic amines is 1. The van der Waals surface area contributed by atoms with Crippen LogP contribution in [0.25, 0.3) is 11.0 Å². The van der Waals surface area contributed by atoms with Gasteiger partial charge in [0.05, 0.1) is 23.7 Å². The van der Waals surface area contributed by atoms with Gasteiger partial charge in [0.15, 0.2) is 0 Å². The summed E-state index contributed by atoms with van der Waals surface area (Å²) in [5.74, 6) is 0.766. The summed E-state index contributed by atoms with van der Waals surface area (Å²) < 4.78 is 5.40. The highest BCUT2D eigenvalue weighted by Crippen LogP contribution is 2.31. The zero-order chi connectivity index (χ0) is 19.4. The van der Waals surface area contributed by atoms with Crippen molar-refractivity contribution >= 4 is 17.1 Å². The number of hydrogen-bond donors (Lipinski definition) is 3. The number of nitrogens with one attached hydrogen (secondary N) is 2. The summed E-state index contributed by atoms with van der Waals surface area (Å²) in [5, 5.41) is 12.9. The fourth-order valence-electron chi connectivity index (χ4n) is 3.68. The minimum absolute atomic E-state index is 0.0636. The average Bonchev–Trinajstić information content (AvgIpc) is 3.09. The number of aromatic nitrogens is 2. The van der Waals surface area contributed by atoms with E-state index in [0.29, 0.717) is 19.8 Å². The van der Waals surface area contributed by atoms with Crippen LogP contribution in [0.2, 0.25) is 0 Å². The van der Waals surface area contributed by atoms with Crippen molar-refractivity contribution < 1.29 is 14.6 Å². The van der Waals surface area contributed by atoms with Gasteiger partial charge >= 0.3 is 6.03 Å². The molecule has 148 valence electrons. The van der Waals surface area contributed by atoms with E-state index in [1.54, 1.807) is 11.9 Å². The highest BCUT2D eigenvalue weighted by atomic mass is 16.5. The molecule has 7 nitrogen and oxygen atoms in total. The van der Waals surface area contributed by atoms with Crippen molar-refractivity contribution in [2.75, 3.05) is 33.4 Å². The van der Waals surface area contributed by atoms with Gasteiger partial charge in [0.2, 0.25) is 0 Å². The van der Waals surface area contributed by atoms with Crippen LogP contribution in [-0.2, 0) is 4.74 Å². The van der Waals surface area contributed by atoms with E-state index in [1.807, 2.05) is 26.0 Å². The molecule has 1 aromatic carbocycles. The van der Waals surface area contributed by atoms with Gasteiger partial charge in [-0.25, -0.2) is 9.78 Å². The second-order valence-corrected chi connectivity index (χ2v) is 7.68. The number of H-pyrrole nitrogens is 1. The van der Waals surface area contributed by atoms with Gasteiger partial charge in [-0.15, -0.1) is 0 Å². The van der Waals surface area contributed by atoms with Crippen molar-refractivity contribution in [3.8, 4) is 0 Å². The van der Waals surface area contributed by atoms with E-state index < -0.39 is 0 Å². The zero-order valence-corrected chi connectivity index (χ0v) is 16.4. The first-order valence-electron chi connectivity index (χ1n) is 9.63. The van der Waals surface area contributed by atoms with E-state index in [9.17, 15) is 9.90 Å². The van der Waals surface area contributed by atoms with Gasteiger partial charge in [0, 0.05) is 32.2 Å². The SMILES string of the molecule is CC[C@H](NC(=O)N(C)CC1(CO)CCOCC1)c1nc2ccc(C)cc2[nH]1. The van der Waals surface area contributed by atoms with Crippen LogP contribution in [0.3, 0.4) is 0 Å². The molecule has 0 saturated carbocycles. The molecule has 1 fully saturated rings. The van der Waals surface area contributed by atoms with Crippen LogP contribution in [-0.4, -0.2) is 59.4 Å². The Kier molecular flexibility index (Phi) is 6.01. The Hall–Kier alpha value is -2.12. The van der Waals surface area contributed by atoms with Crippen LogP contribution < -0.4 is 5.32 Å². The number of ether oxygens (including phenoxy) is 1. The fourth-order valence-corrected chi connectivity index (χ4v) is 3.68. The fraction of sp³-hybridized carbons (Fsp3) is 0.600. The number of rotatable bonds is 6. The monoisotopic (exact) mass is 374 g/mol. The second-order valence-electron chi connectivity index (χ2n) is 7.68. The van der Waals surface area contributed by atoms with Crippen LogP contribution in [0.15, 0.2) is 18.2 Å². The Bertz CT molecular complexity index is 783. The first-order chi connectivity index (χ1) is 13.0. The first-order valence-corrected chi connectivity index (χ1v) is 9.63. The van der Waals surface area contributed by atoms with Crippen molar-refractivity contribution in [3.63, 3.8) is 0 Å². The molecule has 0 unspecified atom stereocenters. The number of benzene rings is 1. The molecule has 1 aliphatic heterocycles. The van der Waals surface area contributed by atoms with Crippen molar-refractivity contribution in [2.45, 2.75) is 39.2 Å². The highest BCUT2D eigenvalue weighted by Gasteiger charge is 2.34. The summed E-state index contributed by atoms with van der Waals surface area (Å²) in [5.41, 5.74) is 2.77. The third kappa shape index (κ3) is 4.42. The number of imidazole rings is 1. The number of aliphatic hydroxyl groups excluding tert-OH is 1. The quantitative estimate of drug-likeness (QED) is 0.725. The van der Waals surface area contributed by atoms with Gasteiger partial charge < -0.3 is 25.0 Å². The lowest BCUT2D eigenvalue weighted by atomic mass is 9.80. The molecule has 0 bridgehead atoms. The largest absolute Gasteiger partial charge is 0.396 e. The number of urea groups is 1. The number of hydrogen-bond acceptors (Lipinski definition) is 4. The number of nitrogens with zero attached hydrogens (tertiary/aromatic N) is 2. The van der Waals surface area contributed by atoms with Crippen LogP contribution in [0.4, 0.5) is 4.79 Å². The number of carbonyl (C=O) groups excluding carboxylic acids is 1. The number of fused-ring (bicyclic) bond motifs is 1. The van der Waals surface area contributed by atoms with Crippen molar-refractivity contribution in [1.29, 1.82) is 0 Å². The van der Waals surface area contributed by atoms with Crippen molar-refractivity contribution in [3.05, 3.63) is 29.6 Å². The summed E-state index contributed by atoms with van der Waals surface area (Å²) in [6.07, 6.45) is 2.26. The second kappa shape index (κ2) is 8.27. The van der Waals surface area contributed by atoms with Crippen molar-refractivity contribution in [2.24, 2.45) is 5.41 Å². The molecule has 2 heterocycles. The van der Waals surface area contributed by atoms with Crippen LogP contribution in [0, 0.1) is 12.3 Å². The van der Waals surface area contributed by atoms with E-state index in [4.69, 9.17) is 4.74 Å². The van der Waals surface area contributed by atoms with Gasteiger partial charge in [0.25, 0.3) is 0 Å². The zero-order valence-electron chi connectivity index (χ0n) is 16.4. The maximum atomic E-state index is 12.7. The lowest BCUT2D eigenvalue weighted by Gasteiger charge is -2.38. The molecule has 7 heteroatoms. The van der Waals surface area contributed by atoms with Crippen LogP contribution in [0.5, 0.6) is 0 Å². The molecule has 2 aromatic rings. The molecule has 0 aliphatic carbocycles. The Labute approximate surface area is 160 Å². The number of carbonyl (C=O) groups is 1. The molecule has 0 spiro atoms. The maximum Gasteiger partial charge on any atom is 0.317 e. The third-order valence-electron chi connectivity index (χ3n) is 5.50. The molecule has 27 heavy (non-hydrogen) atoms. The molecular formula is C20H30N4O3. The highest BCUT2D eigenvalue weighted by molar-refractivity contribution is 5.77. The summed E-state index contributed by atoms with van der Waals surface area (Å²) >= 11 is 0. The Morgan fingerprint density at radius 3 is 2.85 bits per heavy atom. The summed E-state index contributed by atoms with van der Waals surface area (Å²) in [7, 11) is 1.77. The van der Waals surface area contributed by atoms with Gasteiger partial charge in [-0.1, -0.05) is 13.0 Å². The molecule has 0 radical (unpaired) electrons. The van der Waals surface area contributed by atoms with Crippen LogP contribution in [0.1, 0.15) is 43.6 Å². The standard InChI is InChI=1S/C20H30N4O3/c1-4-15(18-21-16-6-5-14(2)11-17(16)22-18)23-19(26)24(3)12-20(13-25)7-9-27-10-8-20/h5-6,11,15,25H,4,7-10,12-13H2,1-3H3,(H,21,22)(H,23,26)/t15-/m0/s1. The van der Waals surface area contributed by atoms with Gasteiger partial charge in [-0.3, -0.25) is 0 Å². The van der Waals surface area contributed by atoms with Gasteiger partial charge in [0.1, 0.15) is 5.82 Å². The van der Waals surface area contributed by atoms with E-state index in [-0.39, 0.29) is 24.1 Å². The molecule has 1 aromatic heterocycles. The van der Waals surface area contributed by atoms with Crippen LogP contribution >= 0.6 is 0 Å². The molecule has 1 aliphatic rings. The Morgan fingerprint density at radius 1 is 1.44 bits per heavy atom. The van der Waals surface area contributed by atoms with Gasteiger partial charge in [-0.05, 0) is 43.9 Å². The van der Waals surface area contributed by atoms with E-state index in [1.165, 1.54) is 5.56 Å². The number of aliphatic hydroxyl groups is 1. The van der Waals surface area contributed by atoms with Gasteiger partial charge in [-0.2, -0.15) is 0 Å². The predicted octanol–water partition coefficient (Wildman–Crippen LogP) is 2.75. The normalized spacial score (nSPS) is 17.6. The molecular weight excluding hydrogens is 344 g/mol. The first kappa shape index (κ1) is 19.6. The minimum Gasteiger partial charge on any atom is -0.396 e. The average molecular weight is 374 g/mol. The molecule has 1 saturated heterocycles. The number of amides is 2. The van der Waals surface area contributed by atoms with Crippen molar-refractivity contribution in [1.82, 2.24) is 20.2 Å². The summed E-state index contributed by atoms with van der Waals surface area (Å²) in [6.45, 7) is 5.90. The topological polar surface area (TPSA) is 90.5 Å².